The maximum Gasteiger partial charge on any atom is 0.276 e. The van der Waals surface area contributed by atoms with Crippen LogP contribution in [0.5, 0.6) is 5.75 Å². The van der Waals surface area contributed by atoms with Crippen LogP contribution < -0.4 is 0 Å². The number of ether oxygens (including phenoxy) is 1. The number of hydrogen-bond donors (Lipinski definition) is 1. The van der Waals surface area contributed by atoms with Gasteiger partial charge in [-0.1, -0.05) is 44.2 Å². The van der Waals surface area contributed by atoms with E-state index in [1.807, 2.05) is 30.3 Å². The zero-order chi connectivity index (χ0) is 17.1. The zero-order valence-corrected chi connectivity index (χ0v) is 13.9. The van der Waals surface area contributed by atoms with E-state index in [4.69, 9.17) is 4.74 Å². The summed E-state index contributed by atoms with van der Waals surface area (Å²) >= 11 is 0. The average molecular weight is 326 g/mol. The Bertz CT molecular complexity index is 703. The fourth-order valence-electron chi connectivity index (χ4n) is 2.89. The molecule has 1 saturated heterocycles. The van der Waals surface area contributed by atoms with Crippen LogP contribution in [0, 0.1) is 5.92 Å². The number of rotatable bonds is 3. The number of morpholine rings is 1. The molecule has 1 aliphatic heterocycles. The molecule has 2 atom stereocenters. The normalized spacial score (nSPS) is 21.0. The monoisotopic (exact) mass is 326 g/mol. The summed E-state index contributed by atoms with van der Waals surface area (Å²) in [6, 6.07) is 13.0. The highest BCUT2D eigenvalue weighted by Crippen LogP contribution is 2.29. The minimum absolute atomic E-state index is 0.0567. The van der Waals surface area contributed by atoms with E-state index in [0.29, 0.717) is 13.1 Å². The van der Waals surface area contributed by atoms with E-state index in [9.17, 15) is 9.90 Å². The average Bonchev–Trinajstić information content (AvgIpc) is 2.62. The molecule has 0 saturated carbocycles. The summed E-state index contributed by atoms with van der Waals surface area (Å²) in [6.07, 6.45) is 1.28. The Morgan fingerprint density at radius 2 is 1.96 bits per heavy atom. The maximum absolute atomic E-state index is 12.8. The summed E-state index contributed by atoms with van der Waals surface area (Å²) in [5, 5.41) is 9.93. The largest absolute Gasteiger partial charge is 0.505 e. The molecule has 5 nitrogen and oxygen atoms in total. The Hall–Kier alpha value is -2.40. The fourth-order valence-corrected chi connectivity index (χ4v) is 2.89. The highest BCUT2D eigenvalue weighted by atomic mass is 16.5. The maximum atomic E-state index is 12.8. The number of aromatic hydroxyl groups is 1. The van der Waals surface area contributed by atoms with E-state index in [1.54, 1.807) is 11.0 Å². The quantitative estimate of drug-likeness (QED) is 0.942. The van der Waals surface area contributed by atoms with Gasteiger partial charge >= 0.3 is 0 Å². The lowest BCUT2D eigenvalue weighted by Crippen LogP contribution is -2.48. The zero-order valence-electron chi connectivity index (χ0n) is 13.9. The van der Waals surface area contributed by atoms with Crippen molar-refractivity contribution in [3.63, 3.8) is 0 Å². The van der Waals surface area contributed by atoms with Crippen LogP contribution in [0.4, 0.5) is 0 Å². The highest BCUT2D eigenvalue weighted by molar-refractivity contribution is 5.94. The van der Waals surface area contributed by atoms with Crippen LogP contribution in [0.1, 0.15) is 36.0 Å². The third kappa shape index (κ3) is 3.41. The number of aromatic nitrogens is 1. The number of hydrogen-bond acceptors (Lipinski definition) is 4. The van der Waals surface area contributed by atoms with Gasteiger partial charge < -0.3 is 14.7 Å². The Labute approximate surface area is 141 Å². The summed E-state index contributed by atoms with van der Waals surface area (Å²) in [5.41, 5.74) is 1.14. The lowest BCUT2D eigenvalue weighted by atomic mass is 10.0. The summed E-state index contributed by atoms with van der Waals surface area (Å²) in [6.45, 7) is 5.11. The van der Waals surface area contributed by atoms with Gasteiger partial charge in [0.05, 0.1) is 12.6 Å². The minimum Gasteiger partial charge on any atom is -0.505 e. The van der Waals surface area contributed by atoms with Gasteiger partial charge in [0, 0.05) is 12.7 Å². The summed E-state index contributed by atoms with van der Waals surface area (Å²) < 4.78 is 6.20. The van der Waals surface area contributed by atoms with Crippen LogP contribution in [0.2, 0.25) is 0 Å². The molecule has 1 amide bonds. The van der Waals surface area contributed by atoms with Gasteiger partial charge in [-0.15, -0.1) is 0 Å². The third-order valence-electron chi connectivity index (χ3n) is 4.32. The second-order valence-electron chi connectivity index (χ2n) is 6.40. The van der Waals surface area contributed by atoms with E-state index < -0.39 is 0 Å². The highest BCUT2D eigenvalue weighted by Gasteiger charge is 2.34. The Balaban J connectivity index is 1.87. The number of amides is 1. The molecule has 0 spiro atoms. The molecule has 24 heavy (non-hydrogen) atoms. The molecule has 0 bridgehead atoms. The van der Waals surface area contributed by atoms with Gasteiger partial charge in [-0.2, -0.15) is 0 Å². The molecule has 2 aromatic rings. The molecule has 1 aromatic carbocycles. The molecule has 0 aliphatic carbocycles. The first-order valence-corrected chi connectivity index (χ1v) is 8.20. The lowest BCUT2D eigenvalue weighted by molar-refractivity contribution is -0.0956. The summed E-state index contributed by atoms with van der Waals surface area (Å²) in [4.78, 5) is 18.6. The topological polar surface area (TPSA) is 62.7 Å². The van der Waals surface area contributed by atoms with Crippen molar-refractivity contribution in [2.45, 2.75) is 26.1 Å². The van der Waals surface area contributed by atoms with Crippen molar-refractivity contribution in [2.75, 3.05) is 13.1 Å². The number of benzene rings is 1. The predicted octanol–water partition coefficient (Wildman–Crippen LogP) is 3.03. The molecule has 1 aliphatic rings. The van der Waals surface area contributed by atoms with Crippen molar-refractivity contribution in [3.05, 3.63) is 59.9 Å². The van der Waals surface area contributed by atoms with E-state index in [0.717, 1.165) is 5.56 Å². The first kappa shape index (κ1) is 16.5. The molecule has 5 heteroatoms. The molecule has 0 unspecified atom stereocenters. The molecule has 0 radical (unpaired) electrons. The van der Waals surface area contributed by atoms with Crippen molar-refractivity contribution < 1.29 is 14.6 Å². The van der Waals surface area contributed by atoms with E-state index in [1.165, 1.54) is 12.3 Å². The Kier molecular flexibility index (Phi) is 4.81. The van der Waals surface area contributed by atoms with Gasteiger partial charge in [-0.25, -0.2) is 4.98 Å². The van der Waals surface area contributed by atoms with Crippen molar-refractivity contribution >= 4 is 5.91 Å². The van der Waals surface area contributed by atoms with Crippen molar-refractivity contribution in [1.29, 1.82) is 0 Å². The SMILES string of the molecule is CC(C)[C@H]1CN(C(=O)c2ncccc2O)C[C@@H](c2ccccc2)O1. The second kappa shape index (κ2) is 7.01. The minimum atomic E-state index is -0.261. The molecular weight excluding hydrogens is 304 g/mol. The van der Waals surface area contributed by atoms with Gasteiger partial charge in [0.1, 0.15) is 11.9 Å². The first-order chi connectivity index (χ1) is 11.6. The van der Waals surface area contributed by atoms with E-state index in [-0.39, 0.29) is 35.5 Å². The molecule has 1 aromatic heterocycles. The van der Waals surface area contributed by atoms with Gasteiger partial charge in [0.25, 0.3) is 5.91 Å². The molecule has 1 fully saturated rings. The number of pyridine rings is 1. The molecule has 126 valence electrons. The van der Waals surface area contributed by atoms with Crippen LogP contribution in [0.15, 0.2) is 48.7 Å². The smallest absolute Gasteiger partial charge is 0.276 e. The van der Waals surface area contributed by atoms with Crippen LogP contribution in [-0.2, 0) is 4.74 Å². The van der Waals surface area contributed by atoms with Crippen molar-refractivity contribution in [2.24, 2.45) is 5.92 Å². The summed E-state index contributed by atoms with van der Waals surface area (Å²) in [5.74, 6) is -0.0709. The van der Waals surface area contributed by atoms with E-state index in [2.05, 4.69) is 18.8 Å². The number of carbonyl (C=O) groups excluding carboxylic acids is 1. The van der Waals surface area contributed by atoms with Gasteiger partial charge in [0.15, 0.2) is 5.69 Å². The van der Waals surface area contributed by atoms with Crippen LogP contribution in [0.25, 0.3) is 0 Å². The summed E-state index contributed by atoms with van der Waals surface area (Å²) in [7, 11) is 0. The number of nitrogens with zero attached hydrogens (tertiary/aromatic N) is 2. The molecule has 1 N–H and O–H groups in total. The molecular formula is C19H22N2O3. The van der Waals surface area contributed by atoms with Crippen molar-refractivity contribution in [3.8, 4) is 5.75 Å². The Morgan fingerprint density at radius 3 is 2.62 bits per heavy atom. The van der Waals surface area contributed by atoms with Gasteiger partial charge in [-0.05, 0) is 23.6 Å². The van der Waals surface area contributed by atoms with Gasteiger partial charge in [-0.3, -0.25) is 4.79 Å². The molecule has 2 heterocycles. The second-order valence-corrected chi connectivity index (χ2v) is 6.40. The lowest BCUT2D eigenvalue weighted by Gasteiger charge is -2.40. The van der Waals surface area contributed by atoms with Crippen LogP contribution >= 0.6 is 0 Å². The third-order valence-corrected chi connectivity index (χ3v) is 4.32. The Morgan fingerprint density at radius 1 is 1.21 bits per heavy atom. The molecule has 3 rings (SSSR count). The van der Waals surface area contributed by atoms with Crippen LogP contribution in [-0.4, -0.2) is 40.1 Å². The number of carbonyl (C=O) groups is 1. The van der Waals surface area contributed by atoms with Gasteiger partial charge in [0.2, 0.25) is 0 Å². The first-order valence-electron chi connectivity index (χ1n) is 8.20. The fraction of sp³-hybridized carbons (Fsp3) is 0.368. The van der Waals surface area contributed by atoms with E-state index >= 15 is 0 Å². The van der Waals surface area contributed by atoms with Crippen LogP contribution in [0.3, 0.4) is 0 Å². The predicted molar refractivity (Wildman–Crippen MR) is 90.7 cm³/mol. The standard InChI is InChI=1S/C19H22N2O3/c1-13(2)16-11-21(19(23)18-15(22)9-6-10-20-18)12-17(24-16)14-7-4-3-5-8-14/h3-10,13,16-17,22H,11-12H2,1-2H3/t16-,17+/m1/s1. The van der Waals surface area contributed by atoms with Crippen molar-refractivity contribution in [1.82, 2.24) is 9.88 Å².